The van der Waals surface area contributed by atoms with Crippen LogP contribution in [0.5, 0.6) is 0 Å². The van der Waals surface area contributed by atoms with Gasteiger partial charge in [0.25, 0.3) is 5.91 Å². The van der Waals surface area contributed by atoms with Crippen LogP contribution in [0.4, 0.5) is 42.0 Å². The Bertz CT molecular complexity index is 1990. The molecule has 13 heteroatoms. The number of carbonyl (C=O) groups is 2. The van der Waals surface area contributed by atoms with E-state index in [-0.39, 0.29) is 17.5 Å². The number of amides is 2. The summed E-state index contributed by atoms with van der Waals surface area (Å²) in [5.41, 5.74) is 4.54. The zero-order valence-corrected chi connectivity index (χ0v) is 25.5. The van der Waals surface area contributed by atoms with Crippen LogP contribution in [-0.4, -0.2) is 43.0 Å². The highest BCUT2D eigenvalue weighted by Crippen LogP contribution is 2.33. The molecule has 6 rings (SSSR count). The number of hydrogen-bond acceptors (Lipinski definition) is 7. The molecule has 0 saturated carbocycles. The monoisotopic (exact) mass is 628 g/mol. The molecule has 0 fully saturated rings. The fourth-order valence-electron chi connectivity index (χ4n) is 5.64. The van der Waals surface area contributed by atoms with Crippen molar-refractivity contribution in [2.75, 3.05) is 22.5 Å². The summed E-state index contributed by atoms with van der Waals surface area (Å²) in [6.45, 7) is 6.19. The third-order valence-corrected chi connectivity index (χ3v) is 8.13. The van der Waals surface area contributed by atoms with Crippen LogP contribution in [0.25, 0.3) is 11.0 Å². The first kappa shape index (κ1) is 30.6. The maximum atomic E-state index is 13.1. The minimum atomic E-state index is -4.55. The molecule has 1 aliphatic heterocycles. The Morgan fingerprint density at radius 2 is 1.78 bits per heavy atom. The van der Waals surface area contributed by atoms with E-state index in [4.69, 9.17) is 0 Å². The summed E-state index contributed by atoms with van der Waals surface area (Å²) < 4.78 is 41.0. The average Bonchev–Trinajstić information content (AvgIpc) is 3.32. The lowest BCUT2D eigenvalue weighted by Crippen LogP contribution is -2.37. The molecule has 0 spiro atoms. The van der Waals surface area contributed by atoms with E-state index in [0.29, 0.717) is 40.7 Å². The Kier molecular flexibility index (Phi) is 7.84. The zero-order chi connectivity index (χ0) is 32.7. The highest BCUT2D eigenvalue weighted by atomic mass is 19.4. The summed E-state index contributed by atoms with van der Waals surface area (Å²) in [7, 11) is 1.76. The topological polar surface area (TPSA) is 117 Å². The summed E-state index contributed by atoms with van der Waals surface area (Å²) >= 11 is 0. The van der Waals surface area contributed by atoms with Gasteiger partial charge in [-0.15, -0.1) is 0 Å². The van der Waals surface area contributed by atoms with E-state index in [9.17, 15) is 22.8 Å². The molecule has 1 atom stereocenters. The first-order valence-corrected chi connectivity index (χ1v) is 14.6. The van der Waals surface area contributed by atoms with Crippen molar-refractivity contribution in [3.8, 4) is 0 Å². The number of carbonyl (C=O) groups excluding carboxylic acids is 2. The number of fused-ring (bicyclic) bond motifs is 2. The molecule has 2 aromatic heterocycles. The van der Waals surface area contributed by atoms with Crippen molar-refractivity contribution in [2.45, 2.75) is 39.4 Å². The van der Waals surface area contributed by atoms with E-state index in [1.54, 1.807) is 43.0 Å². The van der Waals surface area contributed by atoms with Crippen molar-refractivity contribution in [3.63, 3.8) is 0 Å². The summed E-state index contributed by atoms with van der Waals surface area (Å²) in [4.78, 5) is 35.9. The number of nitrogens with one attached hydrogen (secondary N) is 3. The summed E-state index contributed by atoms with van der Waals surface area (Å²) in [5.74, 6) is 0.250. The van der Waals surface area contributed by atoms with Crippen LogP contribution in [0.15, 0.2) is 66.9 Å². The summed E-state index contributed by atoms with van der Waals surface area (Å²) in [5, 5.41) is 14.4. The second-order valence-corrected chi connectivity index (χ2v) is 11.3. The second kappa shape index (κ2) is 11.8. The van der Waals surface area contributed by atoms with Gasteiger partial charge < -0.3 is 20.9 Å². The molecule has 3 N–H and O–H groups in total. The van der Waals surface area contributed by atoms with Crippen molar-refractivity contribution in [2.24, 2.45) is 7.05 Å². The van der Waals surface area contributed by atoms with Gasteiger partial charge in [0.15, 0.2) is 11.5 Å². The predicted octanol–water partition coefficient (Wildman–Crippen LogP) is 6.90. The molecule has 10 nitrogen and oxygen atoms in total. The van der Waals surface area contributed by atoms with Gasteiger partial charge >= 0.3 is 6.18 Å². The number of benzene rings is 3. The van der Waals surface area contributed by atoms with Crippen LogP contribution in [0.2, 0.25) is 0 Å². The Hall–Kier alpha value is -5.46. The van der Waals surface area contributed by atoms with Crippen LogP contribution in [0, 0.1) is 6.92 Å². The van der Waals surface area contributed by atoms with Crippen LogP contribution < -0.4 is 16.0 Å². The van der Waals surface area contributed by atoms with Crippen LogP contribution in [0.3, 0.4) is 0 Å². The second-order valence-electron chi connectivity index (χ2n) is 11.3. The molecule has 0 radical (unpaired) electrons. The van der Waals surface area contributed by atoms with Crippen molar-refractivity contribution < 1.29 is 22.8 Å². The molecule has 5 aromatic rings. The largest absolute Gasteiger partial charge is 0.416 e. The van der Waals surface area contributed by atoms with Crippen molar-refractivity contribution in [1.82, 2.24) is 24.6 Å². The Labute approximate surface area is 262 Å². The predicted molar refractivity (Wildman–Crippen MR) is 169 cm³/mol. The molecule has 1 aliphatic rings. The molecular weight excluding hydrogens is 597 g/mol. The van der Waals surface area contributed by atoms with E-state index in [1.807, 2.05) is 30.9 Å². The normalized spacial score (nSPS) is 14.6. The van der Waals surface area contributed by atoms with E-state index in [2.05, 4.69) is 37.1 Å². The van der Waals surface area contributed by atoms with Gasteiger partial charge in [0, 0.05) is 49.3 Å². The molecule has 2 amide bonds. The number of rotatable bonds is 6. The van der Waals surface area contributed by atoms with E-state index in [0.717, 1.165) is 35.4 Å². The molecule has 236 valence electrons. The van der Waals surface area contributed by atoms with Crippen molar-refractivity contribution in [3.05, 3.63) is 94.7 Å². The maximum Gasteiger partial charge on any atom is 0.416 e. The van der Waals surface area contributed by atoms with Gasteiger partial charge in [0.2, 0.25) is 11.9 Å². The van der Waals surface area contributed by atoms with E-state index < -0.39 is 17.6 Å². The van der Waals surface area contributed by atoms with Gasteiger partial charge in [-0.2, -0.15) is 23.3 Å². The Morgan fingerprint density at radius 1 is 1.00 bits per heavy atom. The number of anilines is 5. The number of aryl methyl sites for hydroxylation is 2. The van der Waals surface area contributed by atoms with Crippen molar-refractivity contribution >= 4 is 51.7 Å². The average molecular weight is 629 g/mol. The van der Waals surface area contributed by atoms with E-state index in [1.165, 1.54) is 17.7 Å². The van der Waals surface area contributed by atoms with E-state index >= 15 is 0 Å². The van der Waals surface area contributed by atoms with Crippen LogP contribution in [-0.2, 0) is 24.4 Å². The quantitative estimate of drug-likeness (QED) is 0.187. The molecule has 1 unspecified atom stereocenters. The lowest BCUT2D eigenvalue weighted by Gasteiger charge is -2.34. The lowest BCUT2D eigenvalue weighted by molar-refractivity contribution is -0.137. The first-order valence-electron chi connectivity index (χ1n) is 14.6. The smallest absolute Gasteiger partial charge is 0.338 e. The van der Waals surface area contributed by atoms with Crippen LogP contribution in [0.1, 0.15) is 52.5 Å². The standard InChI is InChI=1S/C33H31F3N8O2/c1-18-8-10-25(38-31(46)22-6-5-7-23(14-22)33(34,35)36)16-28(18)40-29-27-17-37-32(41-30(27)43(4)42-29)39-24-11-9-21-12-13-44(20(3)45)19(2)26(21)15-24/h5-11,14-17,19H,12-13H2,1-4H3,(H,38,46)(H,40,42)(H,37,39,41). The Balaban J connectivity index is 1.20. The van der Waals surface area contributed by atoms with Gasteiger partial charge in [-0.25, -0.2) is 9.67 Å². The Morgan fingerprint density at radius 3 is 2.54 bits per heavy atom. The van der Waals surface area contributed by atoms with Gasteiger partial charge in [-0.05, 0) is 79.4 Å². The van der Waals surface area contributed by atoms with Gasteiger partial charge in [0.1, 0.15) is 0 Å². The fraction of sp³-hybridized carbons (Fsp3) is 0.242. The van der Waals surface area contributed by atoms with Gasteiger partial charge in [0.05, 0.1) is 17.0 Å². The third kappa shape index (κ3) is 6.08. The molecule has 0 bridgehead atoms. The number of hydrogen-bond donors (Lipinski definition) is 3. The minimum absolute atomic E-state index is 0.0343. The summed E-state index contributed by atoms with van der Waals surface area (Å²) in [6, 6.07) is 15.4. The third-order valence-electron chi connectivity index (χ3n) is 8.13. The van der Waals surface area contributed by atoms with Gasteiger partial charge in [-0.1, -0.05) is 18.2 Å². The minimum Gasteiger partial charge on any atom is -0.338 e. The van der Waals surface area contributed by atoms with Crippen molar-refractivity contribution in [1.29, 1.82) is 0 Å². The summed E-state index contributed by atoms with van der Waals surface area (Å²) in [6.07, 6.45) is -2.09. The number of nitrogens with zero attached hydrogens (tertiary/aromatic N) is 5. The molecule has 46 heavy (non-hydrogen) atoms. The number of aromatic nitrogens is 4. The zero-order valence-electron chi connectivity index (χ0n) is 25.5. The highest BCUT2D eigenvalue weighted by Gasteiger charge is 2.31. The molecule has 0 saturated heterocycles. The number of alkyl halides is 3. The molecule has 3 aromatic carbocycles. The molecular formula is C33H31F3N8O2. The highest BCUT2D eigenvalue weighted by molar-refractivity contribution is 6.04. The molecule has 3 heterocycles. The maximum absolute atomic E-state index is 13.1. The number of halogens is 3. The van der Waals surface area contributed by atoms with Gasteiger partial charge in [-0.3, -0.25) is 9.59 Å². The first-order chi connectivity index (χ1) is 21.9. The lowest BCUT2D eigenvalue weighted by atomic mass is 9.93. The van der Waals surface area contributed by atoms with Crippen LogP contribution >= 0.6 is 0 Å². The fourth-order valence-corrected chi connectivity index (χ4v) is 5.64. The molecule has 0 aliphatic carbocycles. The SMILES string of the molecule is CC(=O)N1CCc2ccc(Nc3ncc4c(Nc5cc(NC(=O)c6cccc(C(F)(F)F)c6)ccc5C)nn(C)c4n3)cc2C1C.